The molecule has 4 rings (SSSR count). The van der Waals surface area contributed by atoms with Crippen LogP contribution in [0.25, 0.3) is 10.9 Å². The van der Waals surface area contributed by atoms with E-state index < -0.39 is 0 Å². The highest BCUT2D eigenvalue weighted by atomic mass is 16.5. The van der Waals surface area contributed by atoms with Crippen molar-refractivity contribution in [1.29, 1.82) is 0 Å². The van der Waals surface area contributed by atoms with E-state index in [1.54, 1.807) is 0 Å². The van der Waals surface area contributed by atoms with Crippen LogP contribution in [0.1, 0.15) is 67.8 Å². The number of fused-ring (bicyclic) bond motifs is 3. The average Bonchev–Trinajstić information content (AvgIpc) is 3.11. The van der Waals surface area contributed by atoms with Crippen molar-refractivity contribution in [1.82, 2.24) is 14.8 Å². The second kappa shape index (κ2) is 9.21. The van der Waals surface area contributed by atoms with E-state index in [0.717, 1.165) is 67.7 Å². The van der Waals surface area contributed by atoms with Gasteiger partial charge < -0.3 is 19.5 Å². The highest BCUT2D eigenvalue weighted by Gasteiger charge is 2.32. The molecule has 29 heavy (non-hydrogen) atoms. The first-order valence-electron chi connectivity index (χ1n) is 11.5. The van der Waals surface area contributed by atoms with E-state index in [4.69, 9.17) is 4.74 Å². The lowest BCUT2D eigenvalue weighted by Gasteiger charge is -2.32. The molecule has 0 atom stereocenters. The van der Waals surface area contributed by atoms with Gasteiger partial charge in [0.15, 0.2) is 0 Å². The Morgan fingerprint density at radius 2 is 2.07 bits per heavy atom. The van der Waals surface area contributed by atoms with Crippen LogP contribution < -0.4 is 10.1 Å². The van der Waals surface area contributed by atoms with Crippen LogP contribution in [0.4, 0.5) is 0 Å². The SMILES string of the molecule is CCCCCCc1cccc2c1c(C(=O)N(C)C1CCNCC1)c1n2CCCO1. The number of rotatable bonds is 7. The van der Waals surface area contributed by atoms with Gasteiger partial charge in [0.1, 0.15) is 5.56 Å². The van der Waals surface area contributed by atoms with Gasteiger partial charge in [-0.25, -0.2) is 0 Å². The van der Waals surface area contributed by atoms with Crippen LogP contribution in [-0.2, 0) is 13.0 Å². The molecule has 1 N–H and O–H groups in total. The second-order valence-corrected chi connectivity index (χ2v) is 8.55. The van der Waals surface area contributed by atoms with Gasteiger partial charge in [-0.15, -0.1) is 0 Å². The van der Waals surface area contributed by atoms with Crippen molar-refractivity contribution in [3.63, 3.8) is 0 Å². The highest BCUT2D eigenvalue weighted by molar-refractivity contribution is 6.11. The molecule has 0 bridgehead atoms. The number of ether oxygens (including phenoxy) is 1. The Morgan fingerprint density at radius 3 is 2.86 bits per heavy atom. The zero-order chi connectivity index (χ0) is 20.2. The van der Waals surface area contributed by atoms with Crippen molar-refractivity contribution in [3.05, 3.63) is 29.3 Å². The maximum atomic E-state index is 13.7. The first kappa shape index (κ1) is 20.3. The Morgan fingerprint density at radius 1 is 1.24 bits per heavy atom. The summed E-state index contributed by atoms with van der Waals surface area (Å²) in [6.07, 6.45) is 8.98. The monoisotopic (exact) mass is 397 g/mol. The topological polar surface area (TPSA) is 46.5 Å². The number of benzene rings is 1. The van der Waals surface area contributed by atoms with Crippen molar-refractivity contribution in [2.75, 3.05) is 26.7 Å². The summed E-state index contributed by atoms with van der Waals surface area (Å²) < 4.78 is 8.33. The number of unbranched alkanes of at least 4 members (excludes halogenated alkanes) is 3. The fourth-order valence-electron chi connectivity index (χ4n) is 4.90. The van der Waals surface area contributed by atoms with E-state index >= 15 is 0 Å². The Hall–Kier alpha value is -2.01. The number of carbonyl (C=O) groups is 1. The van der Waals surface area contributed by atoms with Gasteiger partial charge in [-0.3, -0.25) is 4.79 Å². The van der Waals surface area contributed by atoms with Crippen molar-refractivity contribution in [2.24, 2.45) is 0 Å². The summed E-state index contributed by atoms with van der Waals surface area (Å²) in [4.78, 5) is 15.7. The Bertz CT molecular complexity index is 851. The first-order chi connectivity index (χ1) is 14.2. The number of amides is 1. The number of nitrogens with one attached hydrogen (secondary N) is 1. The van der Waals surface area contributed by atoms with E-state index in [9.17, 15) is 4.79 Å². The summed E-state index contributed by atoms with van der Waals surface area (Å²) in [5.41, 5.74) is 3.26. The van der Waals surface area contributed by atoms with Crippen molar-refractivity contribution in [3.8, 4) is 5.88 Å². The van der Waals surface area contributed by atoms with Gasteiger partial charge >= 0.3 is 0 Å². The second-order valence-electron chi connectivity index (χ2n) is 8.55. The van der Waals surface area contributed by atoms with Gasteiger partial charge in [0.2, 0.25) is 5.88 Å². The summed E-state index contributed by atoms with van der Waals surface area (Å²) in [5, 5.41) is 4.53. The first-order valence-corrected chi connectivity index (χ1v) is 11.5. The van der Waals surface area contributed by atoms with Crippen LogP contribution in [0.3, 0.4) is 0 Å². The van der Waals surface area contributed by atoms with Gasteiger partial charge in [0.25, 0.3) is 5.91 Å². The molecule has 5 nitrogen and oxygen atoms in total. The van der Waals surface area contributed by atoms with E-state index in [-0.39, 0.29) is 5.91 Å². The molecule has 0 unspecified atom stereocenters. The number of hydrogen-bond acceptors (Lipinski definition) is 3. The third-order valence-corrected chi connectivity index (χ3v) is 6.58. The van der Waals surface area contributed by atoms with E-state index in [1.165, 1.54) is 31.2 Å². The van der Waals surface area contributed by atoms with Gasteiger partial charge in [-0.05, 0) is 56.8 Å². The van der Waals surface area contributed by atoms with Crippen LogP contribution >= 0.6 is 0 Å². The largest absolute Gasteiger partial charge is 0.478 e. The predicted molar refractivity (Wildman–Crippen MR) is 118 cm³/mol. The summed E-state index contributed by atoms with van der Waals surface area (Å²) >= 11 is 0. The molecule has 0 aliphatic carbocycles. The molecule has 158 valence electrons. The van der Waals surface area contributed by atoms with E-state index in [0.29, 0.717) is 12.6 Å². The minimum atomic E-state index is 0.124. The van der Waals surface area contributed by atoms with Crippen LogP contribution in [0.2, 0.25) is 0 Å². The predicted octanol–water partition coefficient (Wildman–Crippen LogP) is 4.37. The smallest absolute Gasteiger partial charge is 0.259 e. The number of carbonyl (C=O) groups excluding carboxylic acids is 1. The minimum Gasteiger partial charge on any atom is -0.478 e. The van der Waals surface area contributed by atoms with Gasteiger partial charge in [-0.1, -0.05) is 38.3 Å². The molecule has 2 aliphatic rings. The Labute approximate surface area is 174 Å². The van der Waals surface area contributed by atoms with Gasteiger partial charge in [0, 0.05) is 25.0 Å². The normalized spacial score (nSPS) is 17.2. The van der Waals surface area contributed by atoms with E-state index in [2.05, 4.69) is 35.0 Å². The number of hydrogen-bond donors (Lipinski definition) is 1. The molecule has 1 amide bonds. The van der Waals surface area contributed by atoms with Crippen LogP contribution in [-0.4, -0.2) is 48.2 Å². The Balaban J connectivity index is 1.73. The third kappa shape index (κ3) is 4.02. The minimum absolute atomic E-state index is 0.124. The number of nitrogens with zero attached hydrogens (tertiary/aromatic N) is 2. The molecular weight excluding hydrogens is 362 g/mol. The number of aryl methyl sites for hydroxylation is 2. The maximum Gasteiger partial charge on any atom is 0.259 e. The zero-order valence-electron chi connectivity index (χ0n) is 18.0. The van der Waals surface area contributed by atoms with Gasteiger partial charge in [-0.2, -0.15) is 0 Å². The quantitative estimate of drug-likeness (QED) is 0.706. The molecule has 2 aromatic rings. The lowest BCUT2D eigenvalue weighted by molar-refractivity contribution is 0.0698. The Kier molecular flexibility index (Phi) is 6.43. The summed E-state index contributed by atoms with van der Waals surface area (Å²) in [5.74, 6) is 0.914. The highest BCUT2D eigenvalue weighted by Crippen LogP contribution is 2.38. The number of aromatic nitrogens is 1. The van der Waals surface area contributed by atoms with Crippen LogP contribution in [0.5, 0.6) is 5.88 Å². The molecule has 3 heterocycles. The summed E-state index contributed by atoms with van der Waals surface area (Å²) in [6.45, 7) is 5.83. The molecule has 0 radical (unpaired) electrons. The molecule has 2 aliphatic heterocycles. The third-order valence-electron chi connectivity index (χ3n) is 6.58. The molecule has 1 aromatic carbocycles. The maximum absolute atomic E-state index is 13.7. The zero-order valence-corrected chi connectivity index (χ0v) is 18.0. The van der Waals surface area contributed by atoms with Crippen LogP contribution in [0.15, 0.2) is 18.2 Å². The number of piperidine rings is 1. The molecule has 1 aromatic heterocycles. The lowest BCUT2D eigenvalue weighted by atomic mass is 9.98. The van der Waals surface area contributed by atoms with Crippen LogP contribution in [0, 0.1) is 0 Å². The fraction of sp³-hybridized carbons (Fsp3) is 0.625. The molecular formula is C24H35N3O2. The fourth-order valence-corrected chi connectivity index (χ4v) is 4.90. The van der Waals surface area contributed by atoms with Crippen molar-refractivity contribution >= 4 is 16.8 Å². The van der Waals surface area contributed by atoms with E-state index in [1.807, 2.05) is 11.9 Å². The standard InChI is InChI=1S/C24H35N3O2/c1-3-4-5-6-9-18-10-7-11-20-21(18)22(24-27(20)16-8-17-29-24)23(28)26(2)19-12-14-25-15-13-19/h7,10-11,19,25H,3-6,8-9,12-17H2,1-2H3. The molecule has 0 saturated carbocycles. The van der Waals surface area contributed by atoms with Crippen molar-refractivity contribution < 1.29 is 9.53 Å². The lowest BCUT2D eigenvalue weighted by Crippen LogP contribution is -2.44. The summed E-state index contributed by atoms with van der Waals surface area (Å²) in [7, 11) is 1.97. The molecule has 0 spiro atoms. The van der Waals surface area contributed by atoms with Gasteiger partial charge in [0.05, 0.1) is 12.1 Å². The average molecular weight is 398 g/mol. The van der Waals surface area contributed by atoms with Crippen molar-refractivity contribution in [2.45, 2.75) is 70.9 Å². The molecule has 1 fully saturated rings. The summed E-state index contributed by atoms with van der Waals surface area (Å²) in [6, 6.07) is 6.81. The molecule has 5 heteroatoms. The molecule has 1 saturated heterocycles.